The highest BCUT2D eigenvalue weighted by molar-refractivity contribution is 4.80. The molecule has 1 atom stereocenters. The lowest BCUT2D eigenvalue weighted by molar-refractivity contribution is 0.0514. The molecule has 0 radical (unpaired) electrons. The molecule has 1 heterocycles. The van der Waals surface area contributed by atoms with E-state index in [0.29, 0.717) is 0 Å². The van der Waals surface area contributed by atoms with E-state index in [1.807, 2.05) is 0 Å². The third-order valence-electron chi connectivity index (χ3n) is 5.10. The summed E-state index contributed by atoms with van der Waals surface area (Å²) in [5.74, 6) is 1.89. The van der Waals surface area contributed by atoms with Crippen LogP contribution in [0.4, 0.5) is 0 Å². The maximum Gasteiger partial charge on any atom is 0.0469 e. The van der Waals surface area contributed by atoms with Crippen molar-refractivity contribution in [2.24, 2.45) is 11.8 Å². The molecule has 0 amide bonds. The van der Waals surface area contributed by atoms with E-state index in [2.05, 4.69) is 12.2 Å². The Balaban J connectivity index is 1.74. The number of hydrogen-bond donors (Lipinski definition) is 1. The topological polar surface area (TPSA) is 21.3 Å². The van der Waals surface area contributed by atoms with Crippen molar-refractivity contribution in [3.63, 3.8) is 0 Å². The number of ether oxygens (including phenoxy) is 1. The Labute approximate surface area is 119 Å². The van der Waals surface area contributed by atoms with Gasteiger partial charge in [-0.05, 0) is 50.5 Å². The Morgan fingerprint density at radius 1 is 1.05 bits per heavy atom. The summed E-state index contributed by atoms with van der Waals surface area (Å²) in [6.45, 7) is 5.43. The van der Waals surface area contributed by atoms with Gasteiger partial charge in [0.1, 0.15) is 0 Å². The smallest absolute Gasteiger partial charge is 0.0469 e. The monoisotopic (exact) mass is 267 g/mol. The van der Waals surface area contributed by atoms with E-state index in [9.17, 15) is 0 Å². The van der Waals surface area contributed by atoms with Gasteiger partial charge in [-0.3, -0.25) is 0 Å². The van der Waals surface area contributed by atoms with Crippen LogP contribution in [0.2, 0.25) is 0 Å². The number of hydrogen-bond acceptors (Lipinski definition) is 2. The maximum atomic E-state index is 5.52. The van der Waals surface area contributed by atoms with Crippen LogP contribution in [-0.2, 0) is 4.74 Å². The highest BCUT2D eigenvalue weighted by Crippen LogP contribution is 2.30. The fourth-order valence-electron chi connectivity index (χ4n) is 3.84. The minimum Gasteiger partial charge on any atom is -0.381 e. The molecule has 2 nitrogen and oxygen atoms in total. The third kappa shape index (κ3) is 5.43. The molecule has 1 aliphatic heterocycles. The molecule has 2 aliphatic rings. The quantitative estimate of drug-likeness (QED) is 0.748. The first kappa shape index (κ1) is 15.3. The van der Waals surface area contributed by atoms with E-state index in [0.717, 1.165) is 31.1 Å². The first-order valence-corrected chi connectivity index (χ1v) is 8.71. The van der Waals surface area contributed by atoms with Gasteiger partial charge < -0.3 is 10.1 Å². The normalized spacial score (nSPS) is 24.5. The second kappa shape index (κ2) is 8.97. The summed E-state index contributed by atoms with van der Waals surface area (Å²) in [6, 6.07) is 0.755. The van der Waals surface area contributed by atoms with Crippen molar-refractivity contribution in [3.8, 4) is 0 Å². The predicted molar refractivity (Wildman–Crippen MR) is 81.4 cm³/mol. The second-order valence-electron chi connectivity index (χ2n) is 6.59. The predicted octanol–water partition coefficient (Wildman–Crippen LogP) is 4.14. The molecule has 0 spiro atoms. The standard InChI is InChI=1S/C17H33NO/c1-2-12-18-17(16-10-13-19-14-11-16)9-8-15-6-4-3-5-7-15/h15-18H,2-14H2,1H3. The zero-order valence-corrected chi connectivity index (χ0v) is 12.8. The largest absolute Gasteiger partial charge is 0.381 e. The van der Waals surface area contributed by atoms with Gasteiger partial charge in [-0.2, -0.15) is 0 Å². The molecule has 1 saturated heterocycles. The molecule has 0 aromatic heterocycles. The van der Waals surface area contributed by atoms with Gasteiger partial charge in [0.2, 0.25) is 0 Å². The molecule has 1 saturated carbocycles. The van der Waals surface area contributed by atoms with Gasteiger partial charge in [-0.15, -0.1) is 0 Å². The van der Waals surface area contributed by atoms with Gasteiger partial charge in [0, 0.05) is 19.3 Å². The van der Waals surface area contributed by atoms with Crippen LogP contribution in [0.3, 0.4) is 0 Å². The van der Waals surface area contributed by atoms with Crippen molar-refractivity contribution in [2.75, 3.05) is 19.8 Å². The van der Waals surface area contributed by atoms with Gasteiger partial charge in [0.25, 0.3) is 0 Å². The summed E-state index contributed by atoms with van der Waals surface area (Å²) in [7, 11) is 0. The lowest BCUT2D eigenvalue weighted by Crippen LogP contribution is -2.39. The molecule has 0 aromatic rings. The molecule has 1 N–H and O–H groups in total. The van der Waals surface area contributed by atoms with E-state index < -0.39 is 0 Å². The van der Waals surface area contributed by atoms with Crippen molar-refractivity contribution >= 4 is 0 Å². The van der Waals surface area contributed by atoms with Crippen LogP contribution in [0.15, 0.2) is 0 Å². The first-order chi connectivity index (χ1) is 9.40. The van der Waals surface area contributed by atoms with Crippen LogP contribution in [-0.4, -0.2) is 25.8 Å². The van der Waals surface area contributed by atoms with Gasteiger partial charge in [0.15, 0.2) is 0 Å². The summed E-state index contributed by atoms with van der Waals surface area (Å²) < 4.78 is 5.52. The zero-order valence-electron chi connectivity index (χ0n) is 12.8. The third-order valence-corrected chi connectivity index (χ3v) is 5.10. The van der Waals surface area contributed by atoms with Crippen molar-refractivity contribution in [2.45, 2.75) is 77.2 Å². The molecule has 2 heteroatoms. The Morgan fingerprint density at radius 2 is 1.79 bits per heavy atom. The van der Waals surface area contributed by atoms with Crippen molar-refractivity contribution in [1.82, 2.24) is 5.32 Å². The average Bonchev–Trinajstić information content (AvgIpc) is 2.49. The zero-order chi connectivity index (χ0) is 13.3. The van der Waals surface area contributed by atoms with E-state index in [-0.39, 0.29) is 0 Å². The molecule has 2 rings (SSSR count). The lowest BCUT2D eigenvalue weighted by Gasteiger charge is -2.32. The van der Waals surface area contributed by atoms with Gasteiger partial charge >= 0.3 is 0 Å². The number of rotatable bonds is 7. The fraction of sp³-hybridized carbons (Fsp3) is 1.00. The van der Waals surface area contributed by atoms with Crippen LogP contribution >= 0.6 is 0 Å². The van der Waals surface area contributed by atoms with E-state index in [4.69, 9.17) is 4.74 Å². The summed E-state index contributed by atoms with van der Waals surface area (Å²) in [6.07, 6.45) is 14.1. The molecule has 0 aromatic carbocycles. The second-order valence-corrected chi connectivity index (χ2v) is 6.59. The van der Waals surface area contributed by atoms with Gasteiger partial charge in [0.05, 0.1) is 0 Å². The van der Waals surface area contributed by atoms with E-state index in [1.54, 1.807) is 0 Å². The minimum absolute atomic E-state index is 0.755. The summed E-state index contributed by atoms with van der Waals surface area (Å²) in [5, 5.41) is 3.82. The Hall–Kier alpha value is -0.0800. The van der Waals surface area contributed by atoms with Crippen LogP contribution < -0.4 is 5.32 Å². The summed E-state index contributed by atoms with van der Waals surface area (Å²) in [5.41, 5.74) is 0. The summed E-state index contributed by atoms with van der Waals surface area (Å²) in [4.78, 5) is 0. The molecular weight excluding hydrogens is 234 g/mol. The van der Waals surface area contributed by atoms with Crippen LogP contribution in [0.1, 0.15) is 71.1 Å². The summed E-state index contributed by atoms with van der Waals surface area (Å²) >= 11 is 0. The Morgan fingerprint density at radius 3 is 2.47 bits per heavy atom. The molecule has 1 unspecified atom stereocenters. The van der Waals surface area contributed by atoms with Crippen molar-refractivity contribution in [1.29, 1.82) is 0 Å². The van der Waals surface area contributed by atoms with Crippen molar-refractivity contribution < 1.29 is 4.74 Å². The average molecular weight is 267 g/mol. The van der Waals surface area contributed by atoms with Crippen molar-refractivity contribution in [3.05, 3.63) is 0 Å². The number of nitrogens with one attached hydrogen (secondary N) is 1. The minimum atomic E-state index is 0.755. The molecular formula is C17H33NO. The molecule has 19 heavy (non-hydrogen) atoms. The van der Waals surface area contributed by atoms with Crippen LogP contribution in [0.25, 0.3) is 0 Å². The highest BCUT2D eigenvalue weighted by Gasteiger charge is 2.24. The lowest BCUT2D eigenvalue weighted by atomic mass is 9.82. The SMILES string of the molecule is CCCNC(CCC1CCCCC1)C1CCOCC1. The fourth-order valence-corrected chi connectivity index (χ4v) is 3.84. The highest BCUT2D eigenvalue weighted by atomic mass is 16.5. The van der Waals surface area contributed by atoms with Crippen LogP contribution in [0, 0.1) is 11.8 Å². The van der Waals surface area contributed by atoms with E-state index in [1.165, 1.54) is 70.8 Å². The Bertz CT molecular complexity index is 219. The first-order valence-electron chi connectivity index (χ1n) is 8.71. The Kier molecular flexibility index (Phi) is 7.23. The van der Waals surface area contributed by atoms with Crippen LogP contribution in [0.5, 0.6) is 0 Å². The maximum absolute atomic E-state index is 5.52. The van der Waals surface area contributed by atoms with Gasteiger partial charge in [-0.1, -0.05) is 39.0 Å². The van der Waals surface area contributed by atoms with Gasteiger partial charge in [-0.25, -0.2) is 0 Å². The molecule has 0 bridgehead atoms. The molecule has 1 aliphatic carbocycles. The molecule has 2 fully saturated rings. The van der Waals surface area contributed by atoms with E-state index >= 15 is 0 Å². The molecule has 112 valence electrons.